The van der Waals surface area contributed by atoms with Crippen molar-refractivity contribution < 1.29 is 19.1 Å². The number of ether oxygens (including phenoxy) is 1. The van der Waals surface area contributed by atoms with Crippen molar-refractivity contribution in [3.05, 3.63) is 106 Å². The number of hydrogen-bond acceptors (Lipinski definition) is 4. The normalized spacial score (nSPS) is 19.5. The van der Waals surface area contributed by atoms with Crippen LogP contribution in [0.3, 0.4) is 0 Å². The lowest BCUT2D eigenvalue weighted by molar-refractivity contribution is -0.135. The number of ketones is 3. The molecule has 1 aliphatic rings. The first-order valence-electron chi connectivity index (χ1n) is 14.9. The summed E-state index contributed by atoms with van der Waals surface area (Å²) in [6, 6.07) is 24.0. The molecule has 1 heterocycles. The van der Waals surface area contributed by atoms with E-state index >= 15 is 0 Å². The molecule has 3 aromatic rings. The van der Waals surface area contributed by atoms with E-state index < -0.39 is 23.4 Å². The van der Waals surface area contributed by atoms with E-state index in [0.29, 0.717) is 24.8 Å². The first-order chi connectivity index (χ1) is 19.5. The highest BCUT2D eigenvalue weighted by Gasteiger charge is 2.51. The fourth-order valence-corrected chi connectivity index (χ4v) is 6.52. The SMILES string of the molecule is Cc1ccc(C(=O)CC(Cc2ccccc2)C(C)C(=O)C2COC(C)(C)C2C(=O)CCc2ccccc2C)c(C)c1. The zero-order chi connectivity index (χ0) is 29.7. The van der Waals surface area contributed by atoms with Crippen molar-refractivity contribution >= 4 is 17.3 Å². The molecule has 41 heavy (non-hydrogen) atoms. The molecule has 1 saturated heterocycles. The molecule has 0 spiro atoms. The van der Waals surface area contributed by atoms with Crippen LogP contribution in [-0.4, -0.2) is 29.6 Å². The second-order valence-corrected chi connectivity index (χ2v) is 12.5. The summed E-state index contributed by atoms with van der Waals surface area (Å²) in [6.45, 7) is 12.1. The molecule has 0 bridgehead atoms. The van der Waals surface area contributed by atoms with Crippen LogP contribution in [0.2, 0.25) is 0 Å². The Hall–Kier alpha value is -3.37. The van der Waals surface area contributed by atoms with Crippen LogP contribution in [0, 0.1) is 44.4 Å². The van der Waals surface area contributed by atoms with Gasteiger partial charge in [0.1, 0.15) is 11.6 Å². The lowest BCUT2D eigenvalue weighted by Crippen LogP contribution is -2.41. The van der Waals surface area contributed by atoms with Crippen molar-refractivity contribution in [3.63, 3.8) is 0 Å². The molecule has 3 aromatic carbocycles. The third-order valence-electron chi connectivity index (χ3n) is 9.03. The van der Waals surface area contributed by atoms with E-state index in [2.05, 4.69) is 19.1 Å². The van der Waals surface area contributed by atoms with Crippen LogP contribution in [0.15, 0.2) is 72.8 Å². The fraction of sp³-hybridized carbons (Fsp3) is 0.432. The van der Waals surface area contributed by atoms with E-state index in [-0.39, 0.29) is 36.3 Å². The van der Waals surface area contributed by atoms with Gasteiger partial charge in [0.25, 0.3) is 0 Å². The van der Waals surface area contributed by atoms with Gasteiger partial charge in [0.05, 0.1) is 24.0 Å². The maximum Gasteiger partial charge on any atom is 0.163 e. The molecule has 1 fully saturated rings. The summed E-state index contributed by atoms with van der Waals surface area (Å²) in [6.07, 6.45) is 1.91. The van der Waals surface area contributed by atoms with E-state index in [4.69, 9.17) is 4.74 Å². The molecule has 4 nitrogen and oxygen atoms in total. The summed E-state index contributed by atoms with van der Waals surface area (Å²) in [7, 11) is 0. The maximum absolute atomic E-state index is 14.2. The van der Waals surface area contributed by atoms with Gasteiger partial charge in [-0.15, -0.1) is 0 Å². The van der Waals surface area contributed by atoms with Crippen molar-refractivity contribution in [3.8, 4) is 0 Å². The van der Waals surface area contributed by atoms with Crippen molar-refractivity contribution in [2.24, 2.45) is 23.7 Å². The molecule has 0 aliphatic carbocycles. The molecule has 0 aromatic heterocycles. The van der Waals surface area contributed by atoms with E-state index in [9.17, 15) is 14.4 Å². The van der Waals surface area contributed by atoms with E-state index in [1.807, 2.05) is 95.3 Å². The van der Waals surface area contributed by atoms with Crippen LogP contribution in [0.1, 0.15) is 71.8 Å². The predicted octanol–water partition coefficient (Wildman–Crippen LogP) is 7.49. The highest BCUT2D eigenvalue weighted by Crippen LogP contribution is 2.41. The quantitative estimate of drug-likeness (QED) is 0.218. The smallest absolute Gasteiger partial charge is 0.163 e. The molecule has 216 valence electrons. The summed E-state index contributed by atoms with van der Waals surface area (Å²) in [5.74, 6) is -1.46. The van der Waals surface area contributed by atoms with Gasteiger partial charge >= 0.3 is 0 Å². The molecule has 0 radical (unpaired) electrons. The van der Waals surface area contributed by atoms with Gasteiger partial charge in [-0.2, -0.15) is 0 Å². The van der Waals surface area contributed by atoms with Gasteiger partial charge in [-0.25, -0.2) is 0 Å². The lowest BCUT2D eigenvalue weighted by Gasteiger charge is -2.30. The van der Waals surface area contributed by atoms with Gasteiger partial charge in [-0.3, -0.25) is 14.4 Å². The standard InChI is InChI=1S/C37H44O4/c1-24-16-18-31(26(3)20-24)34(39)22-30(21-28-13-8-7-9-14-28)27(4)36(40)32-23-41-37(5,6)35(32)33(38)19-17-29-15-11-10-12-25(29)2/h7-16,18,20,27,30,32,35H,17,19,21-23H2,1-6H3. The van der Waals surface area contributed by atoms with E-state index in [1.165, 1.54) is 5.56 Å². The van der Waals surface area contributed by atoms with Crippen LogP contribution in [-0.2, 0) is 27.2 Å². The largest absolute Gasteiger partial charge is 0.374 e. The molecule has 4 atom stereocenters. The third kappa shape index (κ3) is 7.29. The van der Waals surface area contributed by atoms with Gasteiger partial charge in [0.15, 0.2) is 5.78 Å². The minimum atomic E-state index is -0.716. The minimum Gasteiger partial charge on any atom is -0.374 e. The molecular weight excluding hydrogens is 508 g/mol. The lowest BCUT2D eigenvalue weighted by atomic mass is 9.71. The molecule has 0 amide bonds. The highest BCUT2D eigenvalue weighted by molar-refractivity contribution is 5.98. The highest BCUT2D eigenvalue weighted by atomic mass is 16.5. The summed E-state index contributed by atoms with van der Waals surface area (Å²) in [5, 5.41) is 0. The van der Waals surface area contributed by atoms with Crippen molar-refractivity contribution in [1.82, 2.24) is 0 Å². The molecule has 0 N–H and O–H groups in total. The van der Waals surface area contributed by atoms with Crippen LogP contribution in [0.5, 0.6) is 0 Å². The van der Waals surface area contributed by atoms with Crippen LogP contribution >= 0.6 is 0 Å². The number of carbonyl (C=O) groups is 3. The number of rotatable bonds is 12. The van der Waals surface area contributed by atoms with Gasteiger partial charge in [-0.1, -0.05) is 85.3 Å². The van der Waals surface area contributed by atoms with Gasteiger partial charge in [-0.05, 0) is 75.6 Å². The topological polar surface area (TPSA) is 60.4 Å². The summed E-state index contributed by atoms with van der Waals surface area (Å²) in [4.78, 5) is 41.4. The van der Waals surface area contributed by atoms with Crippen molar-refractivity contribution in [1.29, 1.82) is 0 Å². The summed E-state index contributed by atoms with van der Waals surface area (Å²) >= 11 is 0. The summed E-state index contributed by atoms with van der Waals surface area (Å²) in [5.41, 5.74) is 5.49. The molecule has 1 aliphatic heterocycles. The zero-order valence-electron chi connectivity index (χ0n) is 25.4. The maximum atomic E-state index is 14.2. The Kier molecular flexibility index (Phi) is 9.76. The van der Waals surface area contributed by atoms with Gasteiger partial charge < -0.3 is 4.74 Å². The van der Waals surface area contributed by atoms with Gasteiger partial charge in [0.2, 0.25) is 0 Å². The van der Waals surface area contributed by atoms with E-state index in [0.717, 1.165) is 22.3 Å². The second kappa shape index (κ2) is 13.1. The third-order valence-corrected chi connectivity index (χ3v) is 9.03. The Morgan fingerprint density at radius 1 is 0.902 bits per heavy atom. The van der Waals surface area contributed by atoms with E-state index in [1.54, 1.807) is 0 Å². The Labute approximate surface area is 245 Å². The monoisotopic (exact) mass is 552 g/mol. The Balaban J connectivity index is 1.55. The van der Waals surface area contributed by atoms with Crippen LogP contribution in [0.25, 0.3) is 0 Å². The van der Waals surface area contributed by atoms with Crippen molar-refractivity contribution in [2.45, 2.75) is 72.8 Å². The number of aryl methyl sites for hydroxylation is 4. The average molecular weight is 553 g/mol. The van der Waals surface area contributed by atoms with Crippen LogP contribution in [0.4, 0.5) is 0 Å². The number of Topliss-reactive ketones (excluding diaryl/α,β-unsaturated/α-hetero) is 3. The summed E-state index contributed by atoms with van der Waals surface area (Å²) < 4.78 is 6.10. The molecule has 0 saturated carbocycles. The zero-order valence-corrected chi connectivity index (χ0v) is 25.4. The Morgan fingerprint density at radius 2 is 1.59 bits per heavy atom. The fourth-order valence-electron chi connectivity index (χ4n) is 6.52. The molecular formula is C37H44O4. The van der Waals surface area contributed by atoms with Crippen molar-refractivity contribution in [2.75, 3.05) is 6.61 Å². The number of hydrogen-bond donors (Lipinski definition) is 0. The second-order valence-electron chi connectivity index (χ2n) is 12.5. The minimum absolute atomic E-state index is 0.0270. The average Bonchev–Trinajstić information content (AvgIpc) is 3.26. The first-order valence-corrected chi connectivity index (χ1v) is 14.9. The first kappa shape index (κ1) is 30.6. The number of benzene rings is 3. The molecule has 4 rings (SSSR count). The van der Waals surface area contributed by atoms with Crippen LogP contribution < -0.4 is 0 Å². The molecule has 4 unspecified atom stereocenters. The predicted molar refractivity (Wildman–Crippen MR) is 164 cm³/mol. The van der Waals surface area contributed by atoms with Gasteiger partial charge in [0, 0.05) is 24.3 Å². The number of carbonyl (C=O) groups excluding carboxylic acids is 3. The molecule has 4 heteroatoms. The Bertz CT molecular complexity index is 1390. The Morgan fingerprint density at radius 3 is 2.27 bits per heavy atom.